The third kappa shape index (κ3) is 2.12. The summed E-state index contributed by atoms with van der Waals surface area (Å²) in [5.41, 5.74) is 0.935. The number of carbonyl (C=O) groups is 1. The van der Waals surface area contributed by atoms with Crippen LogP contribution >= 0.6 is 11.6 Å². The molecule has 0 atom stereocenters. The van der Waals surface area contributed by atoms with Gasteiger partial charge in [-0.25, -0.2) is 0 Å². The van der Waals surface area contributed by atoms with Crippen molar-refractivity contribution in [2.24, 2.45) is 0 Å². The maximum absolute atomic E-state index is 11.3. The lowest BCUT2D eigenvalue weighted by molar-refractivity contribution is -0.119. The molecule has 0 N–H and O–H groups in total. The third-order valence-electron chi connectivity index (χ3n) is 3.25. The number of hydrogen-bond donors (Lipinski definition) is 0. The second kappa shape index (κ2) is 4.69. The molecule has 0 radical (unpaired) electrons. The Morgan fingerprint density at radius 1 is 1.11 bits per heavy atom. The van der Waals surface area contributed by atoms with Crippen molar-refractivity contribution in [1.82, 2.24) is 0 Å². The van der Waals surface area contributed by atoms with Gasteiger partial charge in [-0.1, -0.05) is 11.6 Å². The summed E-state index contributed by atoms with van der Waals surface area (Å²) in [5.74, 6) is 1.76. The van der Waals surface area contributed by atoms with Crippen molar-refractivity contribution in [3.8, 4) is 11.5 Å². The molecule has 2 heterocycles. The smallest absolute Gasteiger partial charge is 0.184 e. The first-order chi connectivity index (χ1) is 8.74. The Bertz CT molecular complexity index is 479. The molecule has 18 heavy (non-hydrogen) atoms. The maximum Gasteiger partial charge on any atom is 0.184 e. The summed E-state index contributed by atoms with van der Waals surface area (Å²) in [5, 5.41) is 0.631. The zero-order valence-corrected chi connectivity index (χ0v) is 10.7. The van der Waals surface area contributed by atoms with Crippen LogP contribution in [0.25, 0.3) is 0 Å². The quantitative estimate of drug-likeness (QED) is 0.783. The summed E-state index contributed by atoms with van der Waals surface area (Å²) >= 11 is 6.10. The number of rotatable bonds is 1. The molecule has 5 heteroatoms. The van der Waals surface area contributed by atoms with E-state index in [4.69, 9.17) is 21.1 Å². The van der Waals surface area contributed by atoms with Gasteiger partial charge in [0.2, 0.25) is 0 Å². The molecule has 1 aromatic carbocycles. The minimum Gasteiger partial charge on any atom is -0.486 e. The summed E-state index contributed by atoms with van der Waals surface area (Å²) < 4.78 is 11.2. The van der Waals surface area contributed by atoms with E-state index in [0.29, 0.717) is 42.6 Å². The number of carbonyl (C=O) groups excluding carboxylic acids is 1. The number of ketones is 1. The van der Waals surface area contributed by atoms with Gasteiger partial charge in [-0.05, 0) is 6.07 Å². The zero-order chi connectivity index (χ0) is 12.5. The fourth-order valence-electron chi connectivity index (χ4n) is 2.33. The number of nitrogens with zero attached hydrogens (tertiary/aromatic N) is 1. The predicted molar refractivity (Wildman–Crippen MR) is 68.9 cm³/mol. The average Bonchev–Trinajstić information content (AvgIpc) is 2.38. The number of piperidine rings is 1. The first kappa shape index (κ1) is 11.7. The number of Topliss-reactive ketones (excluding diaryl/α,β-unsaturated/α-hetero) is 1. The highest BCUT2D eigenvalue weighted by Gasteiger charge is 2.24. The average molecular weight is 268 g/mol. The van der Waals surface area contributed by atoms with Crippen molar-refractivity contribution in [2.45, 2.75) is 12.8 Å². The van der Waals surface area contributed by atoms with Gasteiger partial charge in [0.05, 0.1) is 5.69 Å². The molecular formula is C13H14ClNO3. The molecule has 1 saturated heterocycles. The molecule has 96 valence electrons. The number of hydrogen-bond acceptors (Lipinski definition) is 4. The van der Waals surface area contributed by atoms with E-state index in [-0.39, 0.29) is 0 Å². The number of ether oxygens (including phenoxy) is 2. The fourth-order valence-corrected chi connectivity index (χ4v) is 2.54. The molecule has 1 fully saturated rings. The molecule has 0 amide bonds. The molecule has 4 nitrogen and oxygen atoms in total. The van der Waals surface area contributed by atoms with E-state index in [9.17, 15) is 4.79 Å². The standard InChI is InChI=1S/C13H14ClNO3/c14-9-7-11(15-3-1-10(16)2-4-15)13-12(8-9)17-5-6-18-13/h7-8H,1-6H2. The summed E-state index contributed by atoms with van der Waals surface area (Å²) in [6, 6.07) is 3.65. The molecule has 1 aromatic rings. The Kier molecular flexibility index (Phi) is 3.04. The largest absolute Gasteiger partial charge is 0.486 e. The lowest BCUT2D eigenvalue weighted by Crippen LogP contribution is -2.34. The van der Waals surface area contributed by atoms with Crippen molar-refractivity contribution >= 4 is 23.1 Å². The van der Waals surface area contributed by atoms with Crippen LogP contribution in [-0.2, 0) is 4.79 Å². The zero-order valence-electron chi connectivity index (χ0n) is 9.95. The van der Waals surface area contributed by atoms with Crippen LogP contribution in [0.5, 0.6) is 11.5 Å². The molecule has 0 unspecified atom stereocenters. The van der Waals surface area contributed by atoms with Crippen LogP contribution in [0.1, 0.15) is 12.8 Å². The monoisotopic (exact) mass is 267 g/mol. The summed E-state index contributed by atoms with van der Waals surface area (Å²) in [6.07, 6.45) is 1.17. The molecule has 0 aromatic heterocycles. The maximum atomic E-state index is 11.3. The highest BCUT2D eigenvalue weighted by Crippen LogP contribution is 2.42. The molecule has 3 rings (SSSR count). The van der Waals surface area contributed by atoms with Crippen molar-refractivity contribution in [3.05, 3.63) is 17.2 Å². The van der Waals surface area contributed by atoms with Gasteiger partial charge in [0.15, 0.2) is 11.5 Å². The van der Waals surface area contributed by atoms with Crippen LogP contribution in [0.3, 0.4) is 0 Å². The molecule has 0 aliphatic carbocycles. The lowest BCUT2D eigenvalue weighted by Gasteiger charge is -2.31. The van der Waals surface area contributed by atoms with Crippen LogP contribution in [0, 0.1) is 0 Å². The summed E-state index contributed by atoms with van der Waals surface area (Å²) in [7, 11) is 0. The number of fused-ring (bicyclic) bond motifs is 1. The Labute approximate surface area is 110 Å². The van der Waals surface area contributed by atoms with E-state index in [1.165, 1.54) is 0 Å². The third-order valence-corrected chi connectivity index (χ3v) is 3.47. The van der Waals surface area contributed by atoms with E-state index < -0.39 is 0 Å². The molecule has 0 saturated carbocycles. The van der Waals surface area contributed by atoms with Gasteiger partial charge in [0.25, 0.3) is 0 Å². The van der Waals surface area contributed by atoms with Crippen molar-refractivity contribution < 1.29 is 14.3 Å². The van der Waals surface area contributed by atoms with Crippen LogP contribution in [0.2, 0.25) is 5.02 Å². The number of halogens is 1. The van der Waals surface area contributed by atoms with E-state index in [0.717, 1.165) is 24.5 Å². The van der Waals surface area contributed by atoms with Gasteiger partial charge in [-0.2, -0.15) is 0 Å². The Balaban J connectivity index is 1.95. The van der Waals surface area contributed by atoms with Crippen LogP contribution in [0.15, 0.2) is 12.1 Å². The Morgan fingerprint density at radius 2 is 1.83 bits per heavy atom. The highest BCUT2D eigenvalue weighted by atomic mass is 35.5. The predicted octanol–water partition coefficient (Wildman–Crippen LogP) is 2.28. The van der Waals surface area contributed by atoms with Gasteiger partial charge in [0, 0.05) is 37.0 Å². The van der Waals surface area contributed by atoms with Gasteiger partial charge in [0.1, 0.15) is 19.0 Å². The highest BCUT2D eigenvalue weighted by molar-refractivity contribution is 6.31. The van der Waals surface area contributed by atoms with E-state index in [1.807, 2.05) is 6.07 Å². The molecule has 0 spiro atoms. The van der Waals surface area contributed by atoms with E-state index >= 15 is 0 Å². The second-order valence-corrected chi connectivity index (χ2v) is 4.91. The first-order valence-corrected chi connectivity index (χ1v) is 6.47. The van der Waals surface area contributed by atoms with Gasteiger partial charge >= 0.3 is 0 Å². The van der Waals surface area contributed by atoms with Gasteiger partial charge in [-0.3, -0.25) is 4.79 Å². The van der Waals surface area contributed by atoms with Crippen LogP contribution in [0.4, 0.5) is 5.69 Å². The minimum atomic E-state index is 0.319. The molecule has 0 bridgehead atoms. The van der Waals surface area contributed by atoms with Crippen molar-refractivity contribution in [2.75, 3.05) is 31.2 Å². The van der Waals surface area contributed by atoms with Crippen LogP contribution in [-0.4, -0.2) is 32.1 Å². The normalized spacial score (nSPS) is 18.9. The fraction of sp³-hybridized carbons (Fsp3) is 0.462. The lowest BCUT2D eigenvalue weighted by atomic mass is 10.1. The Hall–Kier alpha value is -1.42. The van der Waals surface area contributed by atoms with Crippen molar-refractivity contribution in [1.29, 1.82) is 0 Å². The first-order valence-electron chi connectivity index (χ1n) is 6.10. The molecular weight excluding hydrogens is 254 g/mol. The van der Waals surface area contributed by atoms with Crippen molar-refractivity contribution in [3.63, 3.8) is 0 Å². The van der Waals surface area contributed by atoms with Gasteiger partial charge in [-0.15, -0.1) is 0 Å². The minimum absolute atomic E-state index is 0.319. The number of anilines is 1. The van der Waals surface area contributed by atoms with E-state index in [2.05, 4.69) is 4.90 Å². The molecule has 2 aliphatic rings. The molecule has 2 aliphatic heterocycles. The second-order valence-electron chi connectivity index (χ2n) is 4.47. The van der Waals surface area contributed by atoms with Crippen LogP contribution < -0.4 is 14.4 Å². The van der Waals surface area contributed by atoms with E-state index in [1.54, 1.807) is 6.07 Å². The number of benzene rings is 1. The Morgan fingerprint density at radius 3 is 2.61 bits per heavy atom. The summed E-state index contributed by atoms with van der Waals surface area (Å²) in [6.45, 7) is 2.53. The topological polar surface area (TPSA) is 38.8 Å². The van der Waals surface area contributed by atoms with Gasteiger partial charge < -0.3 is 14.4 Å². The summed E-state index contributed by atoms with van der Waals surface area (Å²) in [4.78, 5) is 13.4. The SMILES string of the molecule is O=C1CCN(c2cc(Cl)cc3c2OCCO3)CC1.